The third-order valence-corrected chi connectivity index (χ3v) is 3.88. The first-order chi connectivity index (χ1) is 8.99. The van der Waals surface area contributed by atoms with E-state index in [1.807, 2.05) is 30.8 Å². The molecule has 19 heavy (non-hydrogen) atoms. The summed E-state index contributed by atoms with van der Waals surface area (Å²) in [7, 11) is 1.96. The predicted molar refractivity (Wildman–Crippen MR) is 79.7 cm³/mol. The minimum absolute atomic E-state index is 0.660. The lowest BCUT2D eigenvalue weighted by Crippen LogP contribution is -2.14. The zero-order chi connectivity index (χ0) is 14.0. The molecule has 0 aliphatic carbocycles. The first kappa shape index (κ1) is 14.4. The Kier molecular flexibility index (Phi) is 4.50. The number of rotatable bonds is 4. The molecular weight excluding hydrogens is 281 g/mol. The van der Waals surface area contributed by atoms with Gasteiger partial charge in [0.15, 0.2) is 0 Å². The van der Waals surface area contributed by atoms with E-state index >= 15 is 0 Å². The maximum absolute atomic E-state index is 6.14. The van der Waals surface area contributed by atoms with Crippen molar-refractivity contribution < 1.29 is 0 Å². The van der Waals surface area contributed by atoms with Crippen LogP contribution in [0.4, 0.5) is 0 Å². The zero-order valence-corrected chi connectivity index (χ0v) is 12.8. The summed E-state index contributed by atoms with van der Waals surface area (Å²) >= 11 is 12.0. The van der Waals surface area contributed by atoms with Gasteiger partial charge in [0.1, 0.15) is 0 Å². The van der Waals surface area contributed by atoms with Crippen LogP contribution in [-0.2, 0) is 20.1 Å². The molecule has 1 aromatic carbocycles. The van der Waals surface area contributed by atoms with Crippen molar-refractivity contribution in [3.05, 3.63) is 50.8 Å². The second-order valence-electron chi connectivity index (χ2n) is 4.61. The second kappa shape index (κ2) is 5.95. The Bertz CT molecular complexity index is 591. The molecule has 0 fully saturated rings. The van der Waals surface area contributed by atoms with Crippen LogP contribution >= 0.6 is 23.2 Å². The fourth-order valence-corrected chi connectivity index (χ4v) is 2.54. The van der Waals surface area contributed by atoms with Crippen molar-refractivity contribution in [2.24, 2.45) is 7.05 Å². The Morgan fingerprint density at radius 3 is 2.53 bits per heavy atom. The quantitative estimate of drug-likeness (QED) is 0.934. The van der Waals surface area contributed by atoms with Crippen LogP contribution in [0.3, 0.4) is 0 Å². The fourth-order valence-electron chi connectivity index (χ4n) is 2.06. The van der Waals surface area contributed by atoms with Crippen LogP contribution in [0.25, 0.3) is 0 Å². The Morgan fingerprint density at radius 2 is 1.95 bits per heavy atom. The summed E-state index contributed by atoms with van der Waals surface area (Å²) in [5.74, 6) is 0. The summed E-state index contributed by atoms with van der Waals surface area (Å²) in [6, 6.07) is 5.56. The van der Waals surface area contributed by atoms with Gasteiger partial charge in [-0.15, -0.1) is 0 Å². The number of halogens is 2. The van der Waals surface area contributed by atoms with E-state index in [4.69, 9.17) is 23.2 Å². The highest BCUT2D eigenvalue weighted by Gasteiger charge is 2.09. The summed E-state index contributed by atoms with van der Waals surface area (Å²) in [5, 5.41) is 9.14. The van der Waals surface area contributed by atoms with E-state index in [0.717, 1.165) is 17.8 Å². The van der Waals surface area contributed by atoms with Crippen molar-refractivity contribution in [2.75, 3.05) is 0 Å². The van der Waals surface area contributed by atoms with E-state index in [-0.39, 0.29) is 0 Å². The van der Waals surface area contributed by atoms with Gasteiger partial charge < -0.3 is 5.32 Å². The van der Waals surface area contributed by atoms with Crippen LogP contribution in [0.15, 0.2) is 18.2 Å². The van der Waals surface area contributed by atoms with Gasteiger partial charge in [-0.2, -0.15) is 5.10 Å². The molecule has 0 amide bonds. The zero-order valence-electron chi connectivity index (χ0n) is 11.3. The molecule has 0 saturated carbocycles. The third-order valence-electron chi connectivity index (χ3n) is 3.29. The summed E-state index contributed by atoms with van der Waals surface area (Å²) in [4.78, 5) is 0. The van der Waals surface area contributed by atoms with Crippen molar-refractivity contribution in [2.45, 2.75) is 26.9 Å². The van der Waals surface area contributed by atoms with Crippen molar-refractivity contribution in [1.29, 1.82) is 0 Å². The van der Waals surface area contributed by atoms with E-state index in [0.29, 0.717) is 16.6 Å². The van der Waals surface area contributed by atoms with Crippen molar-refractivity contribution >= 4 is 23.2 Å². The van der Waals surface area contributed by atoms with Gasteiger partial charge in [-0.05, 0) is 31.5 Å². The average Bonchev–Trinajstić information content (AvgIpc) is 2.58. The van der Waals surface area contributed by atoms with Crippen LogP contribution in [0.2, 0.25) is 10.0 Å². The molecule has 0 radical (unpaired) electrons. The maximum atomic E-state index is 6.14. The third kappa shape index (κ3) is 3.30. The molecule has 0 atom stereocenters. The van der Waals surface area contributed by atoms with E-state index < -0.39 is 0 Å². The molecule has 0 saturated heterocycles. The highest BCUT2D eigenvalue weighted by molar-refractivity contribution is 6.35. The topological polar surface area (TPSA) is 29.9 Å². The van der Waals surface area contributed by atoms with E-state index in [9.17, 15) is 0 Å². The van der Waals surface area contributed by atoms with Crippen LogP contribution in [0.5, 0.6) is 0 Å². The molecule has 0 spiro atoms. The van der Waals surface area contributed by atoms with Gasteiger partial charge in [-0.1, -0.05) is 29.3 Å². The highest BCUT2D eigenvalue weighted by Crippen LogP contribution is 2.21. The first-order valence-corrected chi connectivity index (χ1v) is 6.88. The number of nitrogens with one attached hydrogen (secondary N) is 1. The number of benzene rings is 1. The molecule has 1 N–H and O–H groups in total. The highest BCUT2D eigenvalue weighted by atomic mass is 35.5. The van der Waals surface area contributed by atoms with E-state index in [1.165, 1.54) is 11.3 Å². The smallest absolute Gasteiger partial charge is 0.0641 e. The van der Waals surface area contributed by atoms with Gasteiger partial charge >= 0.3 is 0 Å². The molecule has 2 aromatic rings. The molecule has 0 aliphatic heterocycles. The molecule has 0 unspecified atom stereocenters. The Morgan fingerprint density at radius 1 is 1.21 bits per heavy atom. The number of hydrogen-bond donors (Lipinski definition) is 1. The Balaban J connectivity index is 2.00. The first-order valence-electron chi connectivity index (χ1n) is 6.12. The normalized spacial score (nSPS) is 11.0. The van der Waals surface area contributed by atoms with Gasteiger partial charge in [-0.3, -0.25) is 4.68 Å². The second-order valence-corrected chi connectivity index (χ2v) is 5.46. The van der Waals surface area contributed by atoms with Gasteiger partial charge in [0.25, 0.3) is 0 Å². The predicted octanol–water partition coefficient (Wildman–Crippen LogP) is 3.63. The van der Waals surface area contributed by atoms with Crippen LogP contribution in [-0.4, -0.2) is 9.78 Å². The summed E-state index contributed by atoms with van der Waals surface area (Å²) in [5.41, 5.74) is 4.54. The van der Waals surface area contributed by atoms with Gasteiger partial charge in [0.2, 0.25) is 0 Å². The molecule has 0 bridgehead atoms. The summed E-state index contributed by atoms with van der Waals surface area (Å²) in [6.07, 6.45) is 0. The average molecular weight is 298 g/mol. The lowest BCUT2D eigenvalue weighted by molar-refractivity contribution is 0.684. The molecule has 102 valence electrons. The number of aryl methyl sites for hydroxylation is 2. The standard InChI is InChI=1S/C14H17Cl2N3/c1-9-13(10(2)19(3)18-9)8-17-7-11-4-5-12(15)6-14(11)16/h4-6,17H,7-8H2,1-3H3. The molecule has 3 nitrogen and oxygen atoms in total. The lowest BCUT2D eigenvalue weighted by atomic mass is 10.2. The molecule has 1 heterocycles. The molecule has 5 heteroatoms. The van der Waals surface area contributed by atoms with Gasteiger partial charge in [0, 0.05) is 41.4 Å². The SMILES string of the molecule is Cc1nn(C)c(C)c1CNCc1ccc(Cl)cc1Cl. The number of nitrogens with zero attached hydrogens (tertiary/aromatic N) is 2. The van der Waals surface area contributed by atoms with Crippen molar-refractivity contribution in [3.8, 4) is 0 Å². The number of aromatic nitrogens is 2. The summed E-state index contributed by atoms with van der Waals surface area (Å²) in [6.45, 7) is 5.60. The van der Waals surface area contributed by atoms with Crippen LogP contribution < -0.4 is 5.32 Å². The monoisotopic (exact) mass is 297 g/mol. The van der Waals surface area contributed by atoms with Gasteiger partial charge in [-0.25, -0.2) is 0 Å². The van der Waals surface area contributed by atoms with Crippen LogP contribution in [0, 0.1) is 13.8 Å². The van der Waals surface area contributed by atoms with Crippen molar-refractivity contribution in [1.82, 2.24) is 15.1 Å². The molecular formula is C14H17Cl2N3. The van der Waals surface area contributed by atoms with Crippen molar-refractivity contribution in [3.63, 3.8) is 0 Å². The number of hydrogen-bond acceptors (Lipinski definition) is 2. The van der Waals surface area contributed by atoms with E-state index in [2.05, 4.69) is 17.3 Å². The minimum Gasteiger partial charge on any atom is -0.308 e. The largest absolute Gasteiger partial charge is 0.308 e. The lowest BCUT2D eigenvalue weighted by Gasteiger charge is -2.07. The maximum Gasteiger partial charge on any atom is 0.0641 e. The van der Waals surface area contributed by atoms with E-state index in [1.54, 1.807) is 6.07 Å². The summed E-state index contributed by atoms with van der Waals surface area (Å²) < 4.78 is 1.90. The van der Waals surface area contributed by atoms with Crippen LogP contribution in [0.1, 0.15) is 22.5 Å². The fraction of sp³-hybridized carbons (Fsp3) is 0.357. The molecule has 0 aliphatic rings. The minimum atomic E-state index is 0.660. The Labute approximate surface area is 123 Å². The molecule has 1 aromatic heterocycles. The Hall–Kier alpha value is -1.03. The molecule has 2 rings (SSSR count). The van der Waals surface area contributed by atoms with Gasteiger partial charge in [0.05, 0.1) is 5.69 Å².